The number of rotatable bonds is 7. The Labute approximate surface area is 191 Å². The Balaban J connectivity index is 1.42. The highest BCUT2D eigenvalue weighted by atomic mass is 32.2. The molecule has 0 radical (unpaired) electrons. The van der Waals surface area contributed by atoms with E-state index >= 15 is 0 Å². The van der Waals surface area contributed by atoms with Crippen LogP contribution in [0.25, 0.3) is 0 Å². The number of amides is 1. The van der Waals surface area contributed by atoms with Crippen LogP contribution in [0, 0.1) is 0 Å². The van der Waals surface area contributed by atoms with Crippen molar-refractivity contribution in [3.8, 4) is 5.75 Å². The van der Waals surface area contributed by atoms with Crippen LogP contribution in [0.1, 0.15) is 15.2 Å². The Morgan fingerprint density at radius 2 is 1.88 bits per heavy atom. The van der Waals surface area contributed by atoms with E-state index in [1.165, 1.54) is 10.4 Å². The lowest BCUT2D eigenvalue weighted by Crippen LogP contribution is -2.48. The molecule has 1 aromatic carbocycles. The number of piperazine rings is 1. The first-order valence-electron chi connectivity index (χ1n) is 10.1. The Morgan fingerprint density at radius 3 is 2.53 bits per heavy atom. The average Bonchev–Trinajstić information content (AvgIpc) is 3.34. The molecular weight excluding hydrogens is 448 g/mol. The van der Waals surface area contributed by atoms with Gasteiger partial charge in [-0.15, -0.1) is 11.3 Å². The van der Waals surface area contributed by atoms with E-state index in [0.29, 0.717) is 26.2 Å². The number of hydrogen-bond acceptors (Lipinski definition) is 7. The van der Waals surface area contributed by atoms with Crippen LogP contribution in [-0.4, -0.2) is 56.9 Å². The average molecular weight is 473 g/mol. The molecule has 0 saturated carbocycles. The fourth-order valence-electron chi connectivity index (χ4n) is 3.55. The number of carbonyl (C=O) groups is 1. The van der Waals surface area contributed by atoms with E-state index in [2.05, 4.69) is 15.2 Å². The number of pyridine rings is 1. The summed E-state index contributed by atoms with van der Waals surface area (Å²) >= 11 is 1.13. The van der Waals surface area contributed by atoms with Gasteiger partial charge in [0.25, 0.3) is 5.91 Å². The third kappa shape index (κ3) is 4.77. The molecule has 0 unspecified atom stereocenters. The van der Waals surface area contributed by atoms with Crippen molar-refractivity contribution >= 4 is 33.0 Å². The number of ether oxygens (including phenoxy) is 1. The SMILES string of the molecule is COc1ccc(N2CCN(S(=O)(=O)c3ccsc3C(=O)NCc3cccnc3)CC2)cc1. The topological polar surface area (TPSA) is 91.8 Å². The highest BCUT2D eigenvalue weighted by molar-refractivity contribution is 7.89. The van der Waals surface area contributed by atoms with E-state index in [-0.39, 0.29) is 16.3 Å². The molecule has 1 amide bonds. The van der Waals surface area contributed by atoms with E-state index in [1.54, 1.807) is 30.9 Å². The van der Waals surface area contributed by atoms with Gasteiger partial charge in [0.15, 0.2) is 0 Å². The lowest BCUT2D eigenvalue weighted by molar-refractivity contribution is 0.0952. The van der Waals surface area contributed by atoms with Crippen molar-refractivity contribution in [2.24, 2.45) is 0 Å². The van der Waals surface area contributed by atoms with Crippen molar-refractivity contribution in [3.63, 3.8) is 0 Å². The van der Waals surface area contributed by atoms with Gasteiger partial charge in [0.05, 0.1) is 7.11 Å². The number of aromatic nitrogens is 1. The quantitative estimate of drug-likeness (QED) is 0.568. The number of anilines is 1. The largest absolute Gasteiger partial charge is 0.497 e. The standard InChI is InChI=1S/C22H24N4O4S2/c1-30-19-6-4-18(5-7-19)25-10-12-26(13-11-25)32(28,29)20-8-14-31-21(20)22(27)24-16-17-3-2-9-23-15-17/h2-9,14-15H,10-13,16H2,1H3,(H,24,27). The summed E-state index contributed by atoms with van der Waals surface area (Å²) in [7, 11) is -2.15. The molecule has 10 heteroatoms. The summed E-state index contributed by atoms with van der Waals surface area (Å²) in [5.74, 6) is 0.376. The number of hydrogen-bond donors (Lipinski definition) is 1. The van der Waals surface area contributed by atoms with Crippen LogP contribution in [0.4, 0.5) is 5.69 Å². The number of benzene rings is 1. The number of nitrogens with zero attached hydrogens (tertiary/aromatic N) is 3. The minimum Gasteiger partial charge on any atom is -0.497 e. The maximum atomic E-state index is 13.3. The zero-order valence-electron chi connectivity index (χ0n) is 17.6. The minimum atomic E-state index is -3.77. The van der Waals surface area contributed by atoms with Gasteiger partial charge in [0.2, 0.25) is 10.0 Å². The predicted molar refractivity (Wildman–Crippen MR) is 124 cm³/mol. The Morgan fingerprint density at radius 1 is 1.12 bits per heavy atom. The molecule has 4 rings (SSSR count). The minimum absolute atomic E-state index is 0.0593. The maximum Gasteiger partial charge on any atom is 0.263 e. The van der Waals surface area contributed by atoms with Crippen LogP contribution in [-0.2, 0) is 16.6 Å². The van der Waals surface area contributed by atoms with Gasteiger partial charge in [-0.3, -0.25) is 9.78 Å². The lowest BCUT2D eigenvalue weighted by atomic mass is 10.2. The first kappa shape index (κ1) is 22.3. The monoisotopic (exact) mass is 472 g/mol. The first-order chi connectivity index (χ1) is 15.5. The second kappa shape index (κ2) is 9.68. The van der Waals surface area contributed by atoms with Crippen LogP contribution in [0.3, 0.4) is 0 Å². The van der Waals surface area contributed by atoms with Gasteiger partial charge in [-0.2, -0.15) is 4.31 Å². The highest BCUT2D eigenvalue weighted by Crippen LogP contribution is 2.27. The maximum absolute atomic E-state index is 13.3. The molecule has 1 saturated heterocycles. The fraction of sp³-hybridized carbons (Fsp3) is 0.273. The van der Waals surface area contributed by atoms with Gasteiger partial charge < -0.3 is 15.0 Å². The third-order valence-electron chi connectivity index (χ3n) is 5.31. The smallest absolute Gasteiger partial charge is 0.263 e. The fourth-order valence-corrected chi connectivity index (χ4v) is 6.29. The predicted octanol–water partition coefficient (Wildman–Crippen LogP) is 2.59. The molecule has 168 valence electrons. The van der Waals surface area contributed by atoms with Crippen molar-refractivity contribution in [2.45, 2.75) is 11.4 Å². The Hall–Kier alpha value is -2.95. The van der Waals surface area contributed by atoms with E-state index in [1.807, 2.05) is 30.3 Å². The van der Waals surface area contributed by atoms with Gasteiger partial charge in [-0.25, -0.2) is 8.42 Å². The molecule has 8 nitrogen and oxygen atoms in total. The van der Waals surface area contributed by atoms with Crippen LogP contribution in [0.5, 0.6) is 5.75 Å². The molecule has 1 fully saturated rings. The first-order valence-corrected chi connectivity index (χ1v) is 12.4. The molecule has 1 aliphatic rings. The Bertz CT molecular complexity index is 1160. The van der Waals surface area contributed by atoms with Crippen molar-refractivity contribution in [2.75, 3.05) is 38.2 Å². The summed E-state index contributed by atoms with van der Waals surface area (Å²) in [5.41, 5.74) is 1.87. The summed E-state index contributed by atoms with van der Waals surface area (Å²) in [5, 5.41) is 4.42. The van der Waals surface area contributed by atoms with E-state index < -0.39 is 15.9 Å². The number of carbonyl (C=O) groups excluding carboxylic acids is 1. The van der Waals surface area contributed by atoms with Crippen LogP contribution in [0.2, 0.25) is 0 Å². The molecule has 3 heterocycles. The molecule has 0 bridgehead atoms. The zero-order valence-corrected chi connectivity index (χ0v) is 19.2. The molecular formula is C22H24N4O4S2. The Kier molecular flexibility index (Phi) is 6.73. The van der Waals surface area contributed by atoms with Crippen LogP contribution in [0.15, 0.2) is 65.1 Å². The van der Waals surface area contributed by atoms with E-state index in [4.69, 9.17) is 4.74 Å². The molecule has 0 spiro atoms. The second-order valence-corrected chi connectivity index (χ2v) is 10.1. The summed E-state index contributed by atoms with van der Waals surface area (Å²) in [6, 6.07) is 12.9. The van der Waals surface area contributed by atoms with Gasteiger partial charge >= 0.3 is 0 Å². The molecule has 32 heavy (non-hydrogen) atoms. The zero-order chi connectivity index (χ0) is 22.6. The van der Waals surface area contributed by atoms with Crippen molar-refractivity contribution < 1.29 is 17.9 Å². The van der Waals surface area contributed by atoms with Crippen molar-refractivity contribution in [1.82, 2.24) is 14.6 Å². The molecule has 3 aromatic rings. The lowest BCUT2D eigenvalue weighted by Gasteiger charge is -2.35. The highest BCUT2D eigenvalue weighted by Gasteiger charge is 2.32. The van der Waals surface area contributed by atoms with Crippen molar-refractivity contribution in [3.05, 3.63) is 70.7 Å². The van der Waals surface area contributed by atoms with Gasteiger partial charge in [-0.1, -0.05) is 6.07 Å². The number of thiophene rings is 1. The summed E-state index contributed by atoms with van der Waals surface area (Å²) in [6.07, 6.45) is 3.32. The number of sulfonamides is 1. The molecule has 1 N–H and O–H groups in total. The summed E-state index contributed by atoms with van der Waals surface area (Å²) in [4.78, 5) is 19.1. The van der Waals surface area contributed by atoms with Crippen LogP contribution < -0.4 is 15.0 Å². The van der Waals surface area contributed by atoms with Crippen molar-refractivity contribution in [1.29, 1.82) is 0 Å². The van der Waals surface area contributed by atoms with Crippen LogP contribution >= 0.6 is 11.3 Å². The second-order valence-electron chi connectivity index (χ2n) is 7.25. The third-order valence-corrected chi connectivity index (χ3v) is 8.29. The van der Waals surface area contributed by atoms with Gasteiger partial charge in [0, 0.05) is 50.8 Å². The molecule has 1 aliphatic heterocycles. The summed E-state index contributed by atoms with van der Waals surface area (Å²) < 4.78 is 33.2. The molecule has 0 aliphatic carbocycles. The van der Waals surface area contributed by atoms with Gasteiger partial charge in [-0.05, 0) is 47.3 Å². The van der Waals surface area contributed by atoms with E-state index in [0.717, 1.165) is 28.3 Å². The molecule has 0 atom stereocenters. The number of methoxy groups -OCH3 is 1. The summed E-state index contributed by atoms with van der Waals surface area (Å²) in [6.45, 7) is 2.11. The normalized spacial score (nSPS) is 14.8. The van der Waals surface area contributed by atoms with Gasteiger partial charge in [0.1, 0.15) is 15.5 Å². The van der Waals surface area contributed by atoms with E-state index in [9.17, 15) is 13.2 Å². The molecule has 2 aromatic heterocycles. The number of nitrogens with one attached hydrogen (secondary N) is 1.